The minimum Gasteiger partial charge on any atom is -0.342 e. The van der Waals surface area contributed by atoms with Crippen molar-refractivity contribution in [2.24, 2.45) is 0 Å². The number of hydrogen-bond donors (Lipinski definition) is 1. The van der Waals surface area contributed by atoms with Gasteiger partial charge in [0.2, 0.25) is 5.91 Å². The van der Waals surface area contributed by atoms with Crippen molar-refractivity contribution >= 4 is 5.91 Å². The van der Waals surface area contributed by atoms with Gasteiger partial charge in [0.1, 0.15) is 11.6 Å². The van der Waals surface area contributed by atoms with Crippen LogP contribution in [-0.2, 0) is 24.1 Å². The van der Waals surface area contributed by atoms with E-state index >= 15 is 0 Å². The Morgan fingerprint density at radius 3 is 2.46 bits per heavy atom. The van der Waals surface area contributed by atoms with Crippen molar-refractivity contribution in [1.82, 2.24) is 9.88 Å². The Hall–Kier alpha value is -2.87. The Kier molecular flexibility index (Phi) is 4.94. The highest BCUT2D eigenvalue weighted by atomic mass is 16.2. The number of amides is 1. The number of carbonyl (C=O) groups is 1. The van der Waals surface area contributed by atoms with E-state index in [4.69, 9.17) is 5.26 Å². The molecule has 0 bridgehead atoms. The van der Waals surface area contributed by atoms with E-state index in [1.165, 1.54) is 11.1 Å². The lowest BCUT2D eigenvalue weighted by molar-refractivity contribution is -0.131. The van der Waals surface area contributed by atoms with Crippen molar-refractivity contribution in [3.63, 3.8) is 0 Å². The second-order valence-electron chi connectivity index (χ2n) is 7.00. The minimum atomic E-state index is -0.363. The van der Waals surface area contributed by atoms with Crippen molar-refractivity contribution in [3.05, 3.63) is 68.1 Å². The molecule has 5 heteroatoms. The molecule has 0 unspecified atom stereocenters. The highest BCUT2D eigenvalue weighted by molar-refractivity contribution is 5.77. The second kappa shape index (κ2) is 7.17. The molecule has 5 nitrogen and oxygen atoms in total. The van der Waals surface area contributed by atoms with Crippen LogP contribution in [0, 0.1) is 25.2 Å². The van der Waals surface area contributed by atoms with Gasteiger partial charge in [0, 0.05) is 25.2 Å². The number of hydrogen-bond acceptors (Lipinski definition) is 3. The molecule has 3 rings (SSSR count). The smallest absolute Gasteiger partial charge is 0.266 e. The first kappa shape index (κ1) is 17.9. The molecule has 1 aromatic heterocycles. The molecule has 1 aliphatic carbocycles. The number of aromatic amines is 1. The quantitative estimate of drug-likeness (QED) is 0.921. The molecule has 0 aliphatic heterocycles. The highest BCUT2D eigenvalue weighted by Crippen LogP contribution is 2.25. The lowest BCUT2D eigenvalue weighted by Crippen LogP contribution is -2.37. The number of likely N-dealkylation sites (N-methyl/N-ethyl adjacent to an activating group) is 1. The first-order chi connectivity index (χ1) is 12.4. The lowest BCUT2D eigenvalue weighted by atomic mass is 9.98. The van der Waals surface area contributed by atoms with Crippen LogP contribution in [0.3, 0.4) is 0 Å². The lowest BCUT2D eigenvalue weighted by Gasteiger charge is -2.24. The number of nitrogens with one attached hydrogen (secondary N) is 1. The molecule has 0 radical (unpaired) electrons. The molecule has 1 N–H and O–H groups in total. The standard InChI is InChI=1S/C21H23N3O2/c1-13-18(14(2)23-21(26)19(13)12-22)8-9-20(25)24(3)17-10-15-6-4-5-7-16(15)11-17/h4-7,17H,8-11H2,1-3H3,(H,23,26). The Morgan fingerprint density at radius 2 is 1.88 bits per heavy atom. The summed E-state index contributed by atoms with van der Waals surface area (Å²) in [6.45, 7) is 3.59. The van der Waals surface area contributed by atoms with Gasteiger partial charge in [-0.3, -0.25) is 9.59 Å². The maximum atomic E-state index is 12.7. The molecule has 1 aliphatic rings. The highest BCUT2D eigenvalue weighted by Gasteiger charge is 2.27. The van der Waals surface area contributed by atoms with Crippen LogP contribution in [-0.4, -0.2) is 28.9 Å². The minimum absolute atomic E-state index is 0.0892. The molecule has 0 fully saturated rings. The fourth-order valence-corrected chi connectivity index (χ4v) is 3.84. The fraction of sp³-hybridized carbons (Fsp3) is 0.381. The Balaban J connectivity index is 1.69. The topological polar surface area (TPSA) is 77.0 Å². The van der Waals surface area contributed by atoms with E-state index in [-0.39, 0.29) is 23.1 Å². The number of aryl methyl sites for hydroxylation is 1. The SMILES string of the molecule is Cc1[nH]c(=O)c(C#N)c(C)c1CCC(=O)N(C)C1Cc2ccccc2C1. The number of rotatable bonds is 4. The Bertz CT molecular complexity index is 928. The van der Waals surface area contributed by atoms with Crippen LogP contribution in [0.1, 0.15) is 39.9 Å². The molecule has 1 heterocycles. The first-order valence-electron chi connectivity index (χ1n) is 8.87. The number of benzene rings is 1. The summed E-state index contributed by atoms with van der Waals surface area (Å²) >= 11 is 0. The summed E-state index contributed by atoms with van der Waals surface area (Å²) in [5.41, 5.74) is 4.72. The molecule has 0 spiro atoms. The van der Waals surface area contributed by atoms with Gasteiger partial charge in [-0.05, 0) is 55.4 Å². The zero-order valence-corrected chi connectivity index (χ0v) is 15.4. The first-order valence-corrected chi connectivity index (χ1v) is 8.87. The van der Waals surface area contributed by atoms with Crippen LogP contribution in [0.15, 0.2) is 29.1 Å². The summed E-state index contributed by atoms with van der Waals surface area (Å²) in [5, 5.41) is 9.16. The predicted octanol–water partition coefficient (Wildman–Crippen LogP) is 2.42. The van der Waals surface area contributed by atoms with Crippen LogP contribution in [0.25, 0.3) is 0 Å². The predicted molar refractivity (Wildman–Crippen MR) is 100.0 cm³/mol. The van der Waals surface area contributed by atoms with Gasteiger partial charge in [-0.1, -0.05) is 24.3 Å². The summed E-state index contributed by atoms with van der Waals surface area (Å²) in [7, 11) is 1.87. The maximum absolute atomic E-state index is 12.7. The van der Waals surface area contributed by atoms with Crippen molar-refractivity contribution in [3.8, 4) is 6.07 Å². The number of fused-ring (bicyclic) bond motifs is 1. The molecule has 134 valence electrons. The number of nitriles is 1. The molecule has 0 saturated heterocycles. The molecule has 1 aromatic carbocycles. The molecule has 1 amide bonds. The van der Waals surface area contributed by atoms with Crippen LogP contribution >= 0.6 is 0 Å². The van der Waals surface area contributed by atoms with Crippen molar-refractivity contribution < 1.29 is 4.79 Å². The van der Waals surface area contributed by atoms with Gasteiger partial charge < -0.3 is 9.88 Å². The van der Waals surface area contributed by atoms with E-state index in [0.29, 0.717) is 18.4 Å². The van der Waals surface area contributed by atoms with Gasteiger partial charge in [0.25, 0.3) is 5.56 Å². The monoisotopic (exact) mass is 349 g/mol. The summed E-state index contributed by atoms with van der Waals surface area (Å²) in [6.07, 6.45) is 2.68. The van der Waals surface area contributed by atoms with E-state index in [1.807, 2.05) is 37.1 Å². The largest absolute Gasteiger partial charge is 0.342 e. The molecule has 0 saturated carbocycles. The maximum Gasteiger partial charge on any atom is 0.266 e. The second-order valence-corrected chi connectivity index (χ2v) is 7.00. The third-order valence-corrected chi connectivity index (χ3v) is 5.48. The zero-order valence-electron chi connectivity index (χ0n) is 15.4. The van der Waals surface area contributed by atoms with E-state index in [0.717, 1.165) is 24.1 Å². The zero-order chi connectivity index (χ0) is 18.8. The van der Waals surface area contributed by atoms with E-state index in [2.05, 4.69) is 17.1 Å². The van der Waals surface area contributed by atoms with Gasteiger partial charge in [-0.15, -0.1) is 0 Å². The van der Waals surface area contributed by atoms with E-state index < -0.39 is 0 Å². The van der Waals surface area contributed by atoms with Gasteiger partial charge in [0.15, 0.2) is 0 Å². The normalized spacial score (nSPS) is 13.3. The number of carbonyl (C=O) groups excluding carboxylic acids is 1. The van der Waals surface area contributed by atoms with Gasteiger partial charge >= 0.3 is 0 Å². The van der Waals surface area contributed by atoms with E-state index in [9.17, 15) is 9.59 Å². The molecule has 0 atom stereocenters. The van der Waals surface area contributed by atoms with Crippen molar-refractivity contribution in [2.45, 2.75) is 45.6 Å². The van der Waals surface area contributed by atoms with Gasteiger partial charge in [-0.2, -0.15) is 5.26 Å². The summed E-state index contributed by atoms with van der Waals surface area (Å²) in [5.74, 6) is 0.0892. The summed E-state index contributed by atoms with van der Waals surface area (Å²) in [6, 6.07) is 10.5. The van der Waals surface area contributed by atoms with Crippen molar-refractivity contribution in [2.75, 3.05) is 7.05 Å². The molecular formula is C21H23N3O2. The Morgan fingerprint density at radius 1 is 1.27 bits per heavy atom. The number of aromatic nitrogens is 1. The number of nitrogens with zero attached hydrogens (tertiary/aromatic N) is 2. The van der Waals surface area contributed by atoms with Gasteiger partial charge in [-0.25, -0.2) is 0 Å². The van der Waals surface area contributed by atoms with Crippen LogP contribution in [0.2, 0.25) is 0 Å². The van der Waals surface area contributed by atoms with E-state index in [1.54, 1.807) is 6.92 Å². The number of H-pyrrole nitrogens is 1. The molecular weight excluding hydrogens is 326 g/mol. The van der Waals surface area contributed by atoms with Crippen LogP contribution in [0.5, 0.6) is 0 Å². The van der Waals surface area contributed by atoms with Crippen molar-refractivity contribution in [1.29, 1.82) is 5.26 Å². The summed E-state index contributed by atoms with van der Waals surface area (Å²) < 4.78 is 0. The molecule has 26 heavy (non-hydrogen) atoms. The fourth-order valence-electron chi connectivity index (χ4n) is 3.84. The average molecular weight is 349 g/mol. The van der Waals surface area contributed by atoms with Gasteiger partial charge in [0.05, 0.1) is 0 Å². The third kappa shape index (κ3) is 3.28. The molecule has 2 aromatic rings. The third-order valence-electron chi connectivity index (χ3n) is 5.48. The average Bonchev–Trinajstić information content (AvgIpc) is 3.04. The van der Waals surface area contributed by atoms with Crippen LogP contribution in [0.4, 0.5) is 0 Å². The van der Waals surface area contributed by atoms with Crippen LogP contribution < -0.4 is 5.56 Å². The Labute approximate surface area is 153 Å². The summed E-state index contributed by atoms with van der Waals surface area (Å²) in [4.78, 5) is 29.1. The number of pyridine rings is 1.